The molecule has 0 spiro atoms. The van der Waals surface area contributed by atoms with Crippen molar-refractivity contribution >= 4 is 34.7 Å². The number of anilines is 1. The molecule has 2 N–H and O–H groups in total. The Balaban J connectivity index is 1.86. The molecule has 0 bridgehead atoms. The number of aliphatic hydroxyl groups excluding tert-OH is 1. The van der Waals surface area contributed by atoms with Gasteiger partial charge >= 0.3 is 0 Å². The Kier molecular flexibility index (Phi) is 6.28. The zero-order valence-electron chi connectivity index (χ0n) is 21.0. The molecule has 1 heterocycles. The SMILES string of the molecule is Cc1ccccc1N1C(=N)/C(=C(/O)c2ccc(Cl)cc2)C(c2ccc(F)cc2)C2=C1CC(C)(C)CC2=O. The van der Waals surface area contributed by atoms with Crippen molar-refractivity contribution < 1.29 is 14.3 Å². The fourth-order valence-corrected chi connectivity index (χ4v) is 5.57. The number of amidine groups is 1. The number of halogens is 2. The number of aryl methyl sites for hydroxylation is 1. The number of rotatable bonds is 3. The number of aliphatic hydroxyl groups is 1. The van der Waals surface area contributed by atoms with Gasteiger partial charge in [0.05, 0.1) is 5.69 Å². The molecule has 1 atom stereocenters. The van der Waals surface area contributed by atoms with Gasteiger partial charge in [0.25, 0.3) is 0 Å². The lowest BCUT2D eigenvalue weighted by Gasteiger charge is -2.45. The number of ketones is 1. The highest BCUT2D eigenvalue weighted by Crippen LogP contribution is 2.51. The molecule has 0 saturated heterocycles. The Hall–Kier alpha value is -3.70. The van der Waals surface area contributed by atoms with Gasteiger partial charge < -0.3 is 5.11 Å². The maximum atomic E-state index is 13.9. The molecule has 3 aromatic carbocycles. The van der Waals surface area contributed by atoms with Gasteiger partial charge in [0.1, 0.15) is 17.4 Å². The van der Waals surface area contributed by atoms with Gasteiger partial charge in [-0.1, -0.05) is 55.8 Å². The minimum Gasteiger partial charge on any atom is -0.507 e. The number of Topliss-reactive ketones (excluding diaryl/α,β-unsaturated/α-hetero) is 1. The van der Waals surface area contributed by atoms with Crippen molar-refractivity contribution in [3.63, 3.8) is 0 Å². The third-order valence-electron chi connectivity index (χ3n) is 7.15. The van der Waals surface area contributed by atoms with Crippen molar-refractivity contribution in [3.8, 4) is 0 Å². The number of allylic oxidation sites excluding steroid dienone is 2. The summed E-state index contributed by atoms with van der Waals surface area (Å²) in [6.45, 7) is 6.07. The van der Waals surface area contributed by atoms with E-state index in [1.54, 1.807) is 36.4 Å². The predicted octanol–water partition coefficient (Wildman–Crippen LogP) is 7.98. The summed E-state index contributed by atoms with van der Waals surface area (Å²) in [5, 5.41) is 21.6. The first-order valence-electron chi connectivity index (χ1n) is 12.2. The van der Waals surface area contributed by atoms with Crippen LogP contribution in [0.25, 0.3) is 5.76 Å². The van der Waals surface area contributed by atoms with E-state index in [4.69, 9.17) is 11.6 Å². The quantitative estimate of drug-likeness (QED) is 0.348. The van der Waals surface area contributed by atoms with Crippen LogP contribution in [0.15, 0.2) is 89.6 Å². The Labute approximate surface area is 221 Å². The maximum Gasteiger partial charge on any atom is 0.162 e. The first-order valence-corrected chi connectivity index (χ1v) is 12.6. The predicted molar refractivity (Wildman–Crippen MR) is 147 cm³/mol. The summed E-state index contributed by atoms with van der Waals surface area (Å²) >= 11 is 6.09. The highest BCUT2D eigenvalue weighted by atomic mass is 35.5. The maximum absolute atomic E-state index is 13.9. The number of nitrogens with one attached hydrogen (secondary N) is 1. The highest BCUT2D eigenvalue weighted by Gasteiger charge is 2.47. The average Bonchev–Trinajstić information content (AvgIpc) is 2.84. The van der Waals surface area contributed by atoms with Crippen LogP contribution < -0.4 is 4.90 Å². The third kappa shape index (κ3) is 4.49. The molecule has 0 saturated carbocycles. The van der Waals surface area contributed by atoms with Crippen molar-refractivity contribution in [2.45, 2.75) is 39.5 Å². The average molecular weight is 515 g/mol. The van der Waals surface area contributed by atoms with E-state index >= 15 is 0 Å². The second-order valence-electron chi connectivity index (χ2n) is 10.5. The zero-order valence-corrected chi connectivity index (χ0v) is 21.7. The minimum absolute atomic E-state index is 0.0342. The van der Waals surface area contributed by atoms with Crippen LogP contribution in [0.4, 0.5) is 10.1 Å². The van der Waals surface area contributed by atoms with E-state index < -0.39 is 11.7 Å². The van der Waals surface area contributed by atoms with Gasteiger partial charge in [0, 0.05) is 39.8 Å². The van der Waals surface area contributed by atoms with Gasteiger partial charge in [-0.2, -0.15) is 0 Å². The number of para-hydroxylation sites is 1. The van der Waals surface area contributed by atoms with Crippen LogP contribution in [0.1, 0.15) is 49.3 Å². The molecule has 1 aliphatic carbocycles. The van der Waals surface area contributed by atoms with Crippen LogP contribution in [0.5, 0.6) is 0 Å². The molecule has 1 aliphatic heterocycles. The van der Waals surface area contributed by atoms with Gasteiger partial charge in [-0.05, 0) is 72.4 Å². The summed E-state index contributed by atoms with van der Waals surface area (Å²) < 4.78 is 13.9. The van der Waals surface area contributed by atoms with E-state index in [2.05, 4.69) is 13.8 Å². The largest absolute Gasteiger partial charge is 0.507 e. The normalized spacial score (nSPS) is 20.7. The Bertz CT molecular complexity index is 1470. The van der Waals surface area contributed by atoms with Gasteiger partial charge in [0.2, 0.25) is 0 Å². The summed E-state index contributed by atoms with van der Waals surface area (Å²) in [5.41, 5.74) is 4.14. The third-order valence-corrected chi connectivity index (χ3v) is 7.41. The van der Waals surface area contributed by atoms with E-state index in [0.717, 1.165) is 16.9 Å². The topological polar surface area (TPSA) is 64.4 Å². The van der Waals surface area contributed by atoms with Crippen molar-refractivity contribution in [1.29, 1.82) is 5.41 Å². The number of carbonyl (C=O) groups excluding carboxylic acids is 1. The molecule has 1 unspecified atom stereocenters. The summed E-state index contributed by atoms with van der Waals surface area (Å²) in [6.07, 6.45) is 0.922. The summed E-state index contributed by atoms with van der Waals surface area (Å²) in [6, 6.07) is 20.4. The fourth-order valence-electron chi connectivity index (χ4n) is 5.45. The van der Waals surface area contributed by atoms with Crippen LogP contribution in [0.2, 0.25) is 5.02 Å². The Morgan fingerprint density at radius 3 is 2.32 bits per heavy atom. The monoisotopic (exact) mass is 514 g/mol. The molecule has 4 nitrogen and oxygen atoms in total. The molecule has 3 aromatic rings. The molecule has 6 heteroatoms. The number of hydrogen-bond acceptors (Lipinski definition) is 3. The second-order valence-corrected chi connectivity index (χ2v) is 11.0. The fraction of sp³-hybridized carbons (Fsp3) is 0.226. The van der Waals surface area contributed by atoms with Gasteiger partial charge in [-0.25, -0.2) is 4.39 Å². The van der Waals surface area contributed by atoms with Crippen molar-refractivity contribution in [2.75, 3.05) is 4.90 Å². The molecule has 188 valence electrons. The van der Waals surface area contributed by atoms with Crippen LogP contribution in [-0.4, -0.2) is 16.7 Å². The molecule has 5 rings (SSSR count). The van der Waals surface area contributed by atoms with E-state index in [-0.39, 0.29) is 22.8 Å². The first-order chi connectivity index (χ1) is 17.6. The summed E-state index contributed by atoms with van der Waals surface area (Å²) in [5.74, 6) is -1.18. The first kappa shape index (κ1) is 25.0. The molecular weight excluding hydrogens is 487 g/mol. The summed E-state index contributed by atoms with van der Waals surface area (Å²) in [7, 11) is 0. The van der Waals surface area contributed by atoms with E-state index in [0.29, 0.717) is 40.1 Å². The van der Waals surface area contributed by atoms with Crippen molar-refractivity contribution in [1.82, 2.24) is 0 Å². The molecule has 37 heavy (non-hydrogen) atoms. The molecular formula is C31H28ClFN2O2. The Morgan fingerprint density at radius 1 is 1.03 bits per heavy atom. The van der Waals surface area contributed by atoms with Gasteiger partial charge in [-0.3, -0.25) is 15.1 Å². The van der Waals surface area contributed by atoms with Crippen molar-refractivity contribution in [3.05, 3.63) is 117 Å². The molecule has 0 fully saturated rings. The number of hydrogen-bond donors (Lipinski definition) is 2. The van der Waals surface area contributed by atoms with E-state index in [9.17, 15) is 19.7 Å². The lowest BCUT2D eigenvalue weighted by atomic mass is 9.67. The number of nitrogens with zero attached hydrogens (tertiary/aromatic N) is 1. The van der Waals surface area contributed by atoms with E-state index in [1.807, 2.05) is 36.1 Å². The summed E-state index contributed by atoms with van der Waals surface area (Å²) in [4.78, 5) is 15.7. The molecule has 0 amide bonds. The smallest absolute Gasteiger partial charge is 0.162 e. The second kappa shape index (κ2) is 9.31. The molecule has 0 aromatic heterocycles. The Morgan fingerprint density at radius 2 is 1.68 bits per heavy atom. The number of carbonyl (C=O) groups is 1. The van der Waals surface area contributed by atoms with Gasteiger partial charge in [-0.15, -0.1) is 0 Å². The van der Waals surface area contributed by atoms with Crippen molar-refractivity contribution in [2.24, 2.45) is 5.41 Å². The zero-order chi connectivity index (χ0) is 26.5. The molecule has 0 radical (unpaired) electrons. The lowest BCUT2D eigenvalue weighted by molar-refractivity contribution is -0.118. The highest BCUT2D eigenvalue weighted by molar-refractivity contribution is 6.30. The molecule has 2 aliphatic rings. The van der Waals surface area contributed by atoms with Gasteiger partial charge in [0.15, 0.2) is 5.78 Å². The van der Waals surface area contributed by atoms with E-state index in [1.165, 1.54) is 12.1 Å². The minimum atomic E-state index is -0.720. The van der Waals surface area contributed by atoms with Crippen LogP contribution in [-0.2, 0) is 4.79 Å². The standard InChI is InChI=1S/C31H28ClFN2O2/c1-18-6-4-5-7-23(18)35-24-16-31(2,3)17-25(36)27(24)26(19-10-14-22(33)15-11-19)28(30(35)34)29(37)20-8-12-21(32)13-9-20/h4-15,26,34,37H,16-17H2,1-3H3/b29-28+,34-30?. The van der Waals surface area contributed by atoms with Crippen LogP contribution >= 0.6 is 11.6 Å². The lowest BCUT2D eigenvalue weighted by Crippen LogP contribution is -2.45. The van der Waals surface area contributed by atoms with Crippen LogP contribution in [0.3, 0.4) is 0 Å². The van der Waals surface area contributed by atoms with Crippen LogP contribution in [0, 0.1) is 23.6 Å². The number of benzene rings is 3.